The van der Waals surface area contributed by atoms with Gasteiger partial charge in [0.1, 0.15) is 11.5 Å². The zero-order valence-corrected chi connectivity index (χ0v) is 23.8. The fourth-order valence-electron chi connectivity index (χ4n) is 3.92. The third kappa shape index (κ3) is 5.72. The molecule has 1 atom stereocenters. The average Bonchev–Trinajstić information content (AvgIpc) is 3.29. The van der Waals surface area contributed by atoms with Crippen LogP contribution in [0.2, 0.25) is 0 Å². The molecule has 200 valence electrons. The van der Waals surface area contributed by atoms with Crippen molar-refractivity contribution in [3.8, 4) is 11.5 Å². The summed E-state index contributed by atoms with van der Waals surface area (Å²) in [6, 6.07) is 12.6. The minimum atomic E-state index is -3.04. The van der Waals surface area contributed by atoms with E-state index in [0.717, 1.165) is 11.1 Å². The number of nitrogens with zero attached hydrogens (tertiary/aromatic N) is 3. The molecule has 1 unspecified atom stereocenters. The van der Waals surface area contributed by atoms with E-state index in [0.29, 0.717) is 33.0 Å². The van der Waals surface area contributed by atoms with Gasteiger partial charge in [0.25, 0.3) is 0 Å². The van der Waals surface area contributed by atoms with Crippen LogP contribution in [0.15, 0.2) is 66.0 Å². The first-order valence-electron chi connectivity index (χ1n) is 12.4. The monoisotopic (exact) mass is 533 g/mol. The summed E-state index contributed by atoms with van der Waals surface area (Å²) in [5, 5.41) is 7.91. The van der Waals surface area contributed by atoms with Gasteiger partial charge in [-0.15, -0.1) is 0 Å². The minimum absolute atomic E-state index is 0.128. The Morgan fingerprint density at radius 3 is 2.42 bits per heavy atom. The molecular formula is C29H35N5O3S. The van der Waals surface area contributed by atoms with Crippen LogP contribution in [0.3, 0.4) is 0 Å². The Morgan fingerprint density at radius 1 is 1.05 bits per heavy atom. The first-order valence-corrected chi connectivity index (χ1v) is 14.0. The van der Waals surface area contributed by atoms with Crippen molar-refractivity contribution < 1.29 is 13.7 Å². The molecule has 38 heavy (non-hydrogen) atoms. The Bertz CT molecular complexity index is 1610. The first-order chi connectivity index (χ1) is 17.6. The lowest BCUT2D eigenvalue weighted by Gasteiger charge is -2.23. The number of nitrogens with one attached hydrogen (secondary N) is 2. The summed E-state index contributed by atoms with van der Waals surface area (Å²) in [5.74, 6) is 1.07. The molecular weight excluding hydrogens is 498 g/mol. The second-order valence-corrected chi connectivity index (χ2v) is 14.2. The summed E-state index contributed by atoms with van der Waals surface area (Å²) >= 11 is 0. The lowest BCUT2D eigenvalue weighted by molar-refractivity contribution is -0.115. The van der Waals surface area contributed by atoms with E-state index in [-0.39, 0.29) is 17.9 Å². The number of benzene rings is 2. The number of anilines is 1. The van der Waals surface area contributed by atoms with E-state index in [1.165, 1.54) is 0 Å². The number of amides is 1. The van der Waals surface area contributed by atoms with E-state index in [1.54, 1.807) is 57.4 Å². The topological polar surface area (TPSA) is 110 Å². The van der Waals surface area contributed by atoms with Gasteiger partial charge in [0.05, 0.1) is 39.1 Å². The normalized spacial score (nSPS) is 13.8. The summed E-state index contributed by atoms with van der Waals surface area (Å²) in [6.45, 7) is 13.5. The number of carbonyl (C=O) groups is 1. The average molecular weight is 534 g/mol. The highest BCUT2D eigenvalue weighted by Crippen LogP contribution is 2.34. The molecule has 2 aromatic heterocycles. The smallest absolute Gasteiger partial charge is 0.228 e. The molecule has 2 N–H and O–H groups in total. The van der Waals surface area contributed by atoms with Gasteiger partial charge in [0, 0.05) is 27.4 Å². The van der Waals surface area contributed by atoms with Gasteiger partial charge in [-0.3, -0.25) is 14.5 Å². The predicted octanol–water partition coefficient (Wildman–Crippen LogP) is 6.67. The quantitative estimate of drug-likeness (QED) is 0.287. The SMILES string of the molecule is Cc1cc(CC(=O)Nc2cnn(C(C)(C)C)c2)ccc1Oc1ccnc2ccc(S(=N)(=O)C(C)(C)C)cc12. The van der Waals surface area contributed by atoms with Gasteiger partial charge in [-0.2, -0.15) is 5.10 Å². The maximum atomic E-state index is 13.2. The maximum Gasteiger partial charge on any atom is 0.228 e. The molecule has 0 fully saturated rings. The number of carbonyl (C=O) groups excluding carboxylic acids is 1. The van der Waals surface area contributed by atoms with Crippen LogP contribution in [0.5, 0.6) is 11.5 Å². The minimum Gasteiger partial charge on any atom is -0.456 e. The summed E-state index contributed by atoms with van der Waals surface area (Å²) in [6.07, 6.45) is 5.35. The van der Waals surface area contributed by atoms with Crippen LogP contribution in [0.1, 0.15) is 52.7 Å². The highest BCUT2D eigenvalue weighted by molar-refractivity contribution is 7.93. The third-order valence-electron chi connectivity index (χ3n) is 6.24. The van der Waals surface area contributed by atoms with E-state index >= 15 is 0 Å². The molecule has 0 saturated heterocycles. The van der Waals surface area contributed by atoms with Gasteiger partial charge >= 0.3 is 0 Å². The summed E-state index contributed by atoms with van der Waals surface area (Å²) < 4.78 is 29.1. The predicted molar refractivity (Wildman–Crippen MR) is 151 cm³/mol. The van der Waals surface area contributed by atoms with Gasteiger partial charge < -0.3 is 10.1 Å². The van der Waals surface area contributed by atoms with Gasteiger partial charge in [0.2, 0.25) is 5.91 Å². The number of fused-ring (bicyclic) bond motifs is 1. The summed E-state index contributed by atoms with van der Waals surface area (Å²) in [5.41, 5.74) is 2.92. The van der Waals surface area contributed by atoms with Crippen molar-refractivity contribution in [2.24, 2.45) is 0 Å². The number of ether oxygens (including phenoxy) is 1. The second-order valence-electron chi connectivity index (χ2n) is 11.4. The molecule has 1 amide bonds. The third-order valence-corrected chi connectivity index (χ3v) is 8.89. The van der Waals surface area contributed by atoms with Crippen LogP contribution in [-0.2, 0) is 26.5 Å². The molecule has 0 spiro atoms. The highest BCUT2D eigenvalue weighted by Gasteiger charge is 2.27. The fourth-order valence-corrected chi connectivity index (χ4v) is 5.17. The Morgan fingerprint density at radius 2 is 1.79 bits per heavy atom. The Kier molecular flexibility index (Phi) is 7.09. The number of aryl methyl sites for hydroxylation is 1. The molecule has 8 nitrogen and oxygen atoms in total. The number of rotatable bonds is 6. The zero-order valence-electron chi connectivity index (χ0n) is 23.0. The number of hydrogen-bond acceptors (Lipinski definition) is 6. The molecule has 0 radical (unpaired) electrons. The fraction of sp³-hybridized carbons (Fsp3) is 0.345. The Labute approximate surface area is 224 Å². The van der Waals surface area contributed by atoms with E-state index in [9.17, 15) is 9.00 Å². The van der Waals surface area contributed by atoms with E-state index in [4.69, 9.17) is 9.52 Å². The molecule has 2 aromatic carbocycles. The molecule has 4 rings (SSSR count). The molecule has 0 aliphatic rings. The van der Waals surface area contributed by atoms with Crippen molar-refractivity contribution in [1.29, 1.82) is 4.78 Å². The van der Waals surface area contributed by atoms with Crippen LogP contribution < -0.4 is 10.1 Å². The molecule has 4 aromatic rings. The van der Waals surface area contributed by atoms with E-state index < -0.39 is 14.5 Å². The first kappa shape index (κ1) is 27.3. The number of pyridine rings is 1. The van der Waals surface area contributed by atoms with Crippen molar-refractivity contribution in [2.45, 2.75) is 70.1 Å². The number of aromatic nitrogens is 3. The lowest BCUT2D eigenvalue weighted by atomic mass is 10.1. The second kappa shape index (κ2) is 9.87. The molecule has 2 heterocycles. The largest absolute Gasteiger partial charge is 0.456 e. The van der Waals surface area contributed by atoms with Crippen LogP contribution in [-0.4, -0.2) is 29.6 Å². The number of hydrogen-bond donors (Lipinski definition) is 2. The Balaban J connectivity index is 1.53. The maximum absolute atomic E-state index is 13.2. The van der Waals surface area contributed by atoms with Crippen molar-refractivity contribution in [3.63, 3.8) is 0 Å². The van der Waals surface area contributed by atoms with Gasteiger partial charge in [0.15, 0.2) is 0 Å². The highest BCUT2D eigenvalue weighted by atomic mass is 32.2. The van der Waals surface area contributed by atoms with Crippen LogP contribution in [0.25, 0.3) is 10.9 Å². The van der Waals surface area contributed by atoms with Gasteiger partial charge in [-0.05, 0) is 89.9 Å². The molecule has 0 aliphatic carbocycles. The molecule has 0 saturated carbocycles. The van der Waals surface area contributed by atoms with Crippen molar-refractivity contribution in [2.75, 3.05) is 5.32 Å². The van der Waals surface area contributed by atoms with Crippen molar-refractivity contribution in [3.05, 3.63) is 72.2 Å². The zero-order chi connectivity index (χ0) is 27.9. The van der Waals surface area contributed by atoms with Gasteiger partial charge in [-0.1, -0.05) is 12.1 Å². The van der Waals surface area contributed by atoms with E-state index in [1.807, 2.05) is 56.8 Å². The summed E-state index contributed by atoms with van der Waals surface area (Å²) in [7, 11) is -3.04. The van der Waals surface area contributed by atoms with Gasteiger partial charge in [-0.25, -0.2) is 8.99 Å². The molecule has 0 aliphatic heterocycles. The van der Waals surface area contributed by atoms with Crippen LogP contribution >= 0.6 is 0 Å². The standard InChI is InChI=1S/C29H35N5O3S/c1-19-14-20(15-27(35)33-21-17-32-34(18-21)28(2,3)4)8-11-25(19)37-26-12-13-31-24-10-9-22(16-23(24)26)38(30,36)29(5,6)7/h8-14,16-18,30H,15H2,1-7H3,(H,33,35). The van der Waals surface area contributed by atoms with Crippen molar-refractivity contribution >= 4 is 32.2 Å². The summed E-state index contributed by atoms with van der Waals surface area (Å²) in [4.78, 5) is 17.5. The molecule has 0 bridgehead atoms. The van der Waals surface area contributed by atoms with Crippen molar-refractivity contribution in [1.82, 2.24) is 14.8 Å². The van der Waals surface area contributed by atoms with E-state index in [2.05, 4.69) is 15.4 Å². The molecule has 9 heteroatoms. The lowest BCUT2D eigenvalue weighted by Crippen LogP contribution is -2.26. The van der Waals surface area contributed by atoms with Crippen LogP contribution in [0.4, 0.5) is 5.69 Å². The van der Waals surface area contributed by atoms with Crippen LogP contribution in [0, 0.1) is 11.7 Å². The Hall–Kier alpha value is -3.72.